The highest BCUT2D eigenvalue weighted by atomic mass is 16.6. The Kier molecular flexibility index (Phi) is 7.45. The number of aryl methyl sites for hydroxylation is 2. The van der Waals surface area contributed by atoms with Crippen molar-refractivity contribution in [3.8, 4) is 17.2 Å². The molecular formula is C20H21N3O7. The van der Waals surface area contributed by atoms with E-state index < -0.39 is 22.5 Å². The van der Waals surface area contributed by atoms with Crippen molar-refractivity contribution in [2.75, 3.05) is 13.7 Å². The smallest absolute Gasteiger partial charge is 0.323 e. The Morgan fingerprint density at radius 2 is 1.87 bits per heavy atom. The van der Waals surface area contributed by atoms with Crippen LogP contribution in [0.15, 0.2) is 35.4 Å². The Hall–Kier alpha value is -3.95. The molecule has 0 spiro atoms. The van der Waals surface area contributed by atoms with Crippen molar-refractivity contribution in [3.63, 3.8) is 0 Å². The summed E-state index contributed by atoms with van der Waals surface area (Å²) in [7, 11) is 1.21. The van der Waals surface area contributed by atoms with E-state index in [1.54, 1.807) is 12.1 Å². The van der Waals surface area contributed by atoms with Gasteiger partial charge in [0.25, 0.3) is 5.91 Å². The summed E-state index contributed by atoms with van der Waals surface area (Å²) >= 11 is 0. The number of amides is 1. The average molecular weight is 415 g/mol. The molecular weight excluding hydrogens is 394 g/mol. The highest BCUT2D eigenvalue weighted by molar-refractivity contribution is 5.90. The fourth-order valence-corrected chi connectivity index (χ4v) is 2.66. The van der Waals surface area contributed by atoms with Gasteiger partial charge in [0.1, 0.15) is 5.75 Å². The van der Waals surface area contributed by atoms with Gasteiger partial charge in [-0.05, 0) is 49.2 Å². The van der Waals surface area contributed by atoms with Crippen LogP contribution in [0.3, 0.4) is 0 Å². The van der Waals surface area contributed by atoms with E-state index in [0.29, 0.717) is 5.75 Å². The molecule has 0 heterocycles. The predicted molar refractivity (Wildman–Crippen MR) is 108 cm³/mol. The van der Waals surface area contributed by atoms with E-state index in [4.69, 9.17) is 14.2 Å². The highest BCUT2D eigenvalue weighted by Crippen LogP contribution is 2.39. The molecule has 158 valence electrons. The monoisotopic (exact) mass is 415 g/mol. The molecule has 0 bridgehead atoms. The molecule has 10 nitrogen and oxygen atoms in total. The second-order valence-electron chi connectivity index (χ2n) is 6.29. The van der Waals surface area contributed by atoms with Crippen LogP contribution < -0.4 is 19.6 Å². The maximum Gasteiger partial charge on any atom is 0.323 e. The van der Waals surface area contributed by atoms with Gasteiger partial charge in [-0.1, -0.05) is 6.07 Å². The van der Waals surface area contributed by atoms with Gasteiger partial charge < -0.3 is 14.2 Å². The minimum Gasteiger partial charge on any atom is -0.488 e. The van der Waals surface area contributed by atoms with E-state index >= 15 is 0 Å². The second kappa shape index (κ2) is 10.0. The van der Waals surface area contributed by atoms with Crippen molar-refractivity contribution >= 4 is 23.8 Å². The van der Waals surface area contributed by atoms with Crippen LogP contribution in [0.5, 0.6) is 17.2 Å². The van der Waals surface area contributed by atoms with Crippen LogP contribution in [-0.4, -0.2) is 36.7 Å². The number of nitrogens with zero attached hydrogens (tertiary/aromatic N) is 2. The van der Waals surface area contributed by atoms with Crippen molar-refractivity contribution in [2.24, 2.45) is 5.10 Å². The van der Waals surface area contributed by atoms with Gasteiger partial charge in [0.2, 0.25) is 5.75 Å². The lowest BCUT2D eigenvalue weighted by atomic mass is 10.1. The molecule has 2 aromatic carbocycles. The maximum absolute atomic E-state index is 11.9. The number of hydrogen-bond acceptors (Lipinski definition) is 8. The Bertz CT molecular complexity index is 982. The zero-order valence-electron chi connectivity index (χ0n) is 16.9. The number of hydrogen-bond donors (Lipinski definition) is 1. The number of hydrazone groups is 1. The quantitative estimate of drug-likeness (QED) is 0.231. The van der Waals surface area contributed by atoms with Crippen LogP contribution in [-0.2, 0) is 9.59 Å². The molecule has 0 saturated heterocycles. The highest BCUT2D eigenvalue weighted by Gasteiger charge is 2.25. The number of esters is 1. The third-order valence-corrected chi connectivity index (χ3v) is 3.72. The standard InChI is InChI=1S/C20H21N3O7/c1-12-7-13(2)9-16(8-12)29-11-18(25)22-21-10-15-5-6-17(30-14(3)24)20(28-4)19(15)23(26)27/h5-10H,11H2,1-4H3,(H,22,25)/b21-10-. The first-order valence-corrected chi connectivity index (χ1v) is 8.78. The fourth-order valence-electron chi connectivity index (χ4n) is 2.66. The lowest BCUT2D eigenvalue weighted by Gasteiger charge is -2.09. The van der Waals surface area contributed by atoms with Crippen molar-refractivity contribution in [1.29, 1.82) is 0 Å². The molecule has 2 rings (SSSR count). The third-order valence-electron chi connectivity index (χ3n) is 3.72. The van der Waals surface area contributed by atoms with E-state index in [0.717, 1.165) is 24.3 Å². The number of rotatable bonds is 8. The number of carbonyl (C=O) groups excluding carboxylic acids is 2. The molecule has 0 radical (unpaired) electrons. The molecule has 0 aliphatic rings. The summed E-state index contributed by atoms with van der Waals surface area (Å²) in [6.07, 6.45) is 1.09. The van der Waals surface area contributed by atoms with Crippen LogP contribution in [0.4, 0.5) is 5.69 Å². The second-order valence-corrected chi connectivity index (χ2v) is 6.29. The van der Waals surface area contributed by atoms with Gasteiger partial charge in [-0.2, -0.15) is 5.10 Å². The van der Waals surface area contributed by atoms with Gasteiger partial charge in [0.05, 0.1) is 23.8 Å². The summed E-state index contributed by atoms with van der Waals surface area (Å²) in [5, 5.41) is 15.2. The van der Waals surface area contributed by atoms with Crippen molar-refractivity contribution in [3.05, 3.63) is 57.1 Å². The Morgan fingerprint density at radius 3 is 2.43 bits per heavy atom. The van der Waals surface area contributed by atoms with Crippen molar-refractivity contribution < 1.29 is 28.7 Å². The largest absolute Gasteiger partial charge is 0.488 e. The van der Waals surface area contributed by atoms with Crippen molar-refractivity contribution in [2.45, 2.75) is 20.8 Å². The Morgan fingerprint density at radius 1 is 1.20 bits per heavy atom. The topological polar surface area (TPSA) is 129 Å². The molecule has 0 atom stereocenters. The lowest BCUT2D eigenvalue weighted by Crippen LogP contribution is -2.24. The Labute approximate surface area is 172 Å². The molecule has 0 aliphatic heterocycles. The van der Waals surface area contributed by atoms with Gasteiger partial charge in [-0.15, -0.1) is 0 Å². The number of nitro groups is 1. The first-order chi connectivity index (χ1) is 14.2. The molecule has 0 aromatic heterocycles. The number of methoxy groups -OCH3 is 1. The first-order valence-electron chi connectivity index (χ1n) is 8.78. The number of benzene rings is 2. The van der Waals surface area contributed by atoms with E-state index in [1.807, 2.05) is 19.9 Å². The van der Waals surface area contributed by atoms with Gasteiger partial charge in [0.15, 0.2) is 12.4 Å². The van der Waals surface area contributed by atoms with E-state index in [1.165, 1.54) is 19.2 Å². The van der Waals surface area contributed by atoms with Crippen LogP contribution in [0.25, 0.3) is 0 Å². The number of ether oxygens (including phenoxy) is 3. The molecule has 1 N–H and O–H groups in total. The summed E-state index contributed by atoms with van der Waals surface area (Å²) < 4.78 is 15.4. The summed E-state index contributed by atoms with van der Waals surface area (Å²) in [5.74, 6) is -0.979. The molecule has 10 heteroatoms. The summed E-state index contributed by atoms with van der Waals surface area (Å²) in [5.41, 5.74) is 3.83. The lowest BCUT2D eigenvalue weighted by molar-refractivity contribution is -0.385. The average Bonchev–Trinajstić information content (AvgIpc) is 2.65. The SMILES string of the molecule is COc1c(OC(C)=O)ccc(/C=N\NC(=O)COc2cc(C)cc(C)c2)c1[N+](=O)[O-]. The third kappa shape index (κ3) is 6.03. The van der Waals surface area contributed by atoms with Crippen molar-refractivity contribution in [1.82, 2.24) is 5.43 Å². The zero-order valence-corrected chi connectivity index (χ0v) is 16.9. The molecule has 30 heavy (non-hydrogen) atoms. The van der Waals surface area contributed by atoms with Gasteiger partial charge >= 0.3 is 11.7 Å². The normalized spacial score (nSPS) is 10.5. The predicted octanol–water partition coefficient (Wildman–Crippen LogP) is 2.67. The first kappa shape index (κ1) is 22.3. The van der Waals surface area contributed by atoms with Crippen LogP contribution in [0.2, 0.25) is 0 Å². The molecule has 0 saturated carbocycles. The summed E-state index contributed by atoms with van der Waals surface area (Å²) in [6, 6.07) is 8.22. The molecule has 0 fully saturated rings. The van der Waals surface area contributed by atoms with E-state index in [-0.39, 0.29) is 23.7 Å². The number of nitro benzene ring substituents is 1. The maximum atomic E-state index is 11.9. The minimum absolute atomic E-state index is 0.0447. The number of nitrogens with one attached hydrogen (secondary N) is 1. The molecule has 2 aromatic rings. The molecule has 1 amide bonds. The van der Waals surface area contributed by atoms with Crippen LogP contribution >= 0.6 is 0 Å². The fraction of sp³-hybridized carbons (Fsp3) is 0.250. The zero-order chi connectivity index (χ0) is 22.3. The van der Waals surface area contributed by atoms with Crippen LogP contribution in [0.1, 0.15) is 23.6 Å². The number of carbonyl (C=O) groups is 2. The summed E-state index contributed by atoms with van der Waals surface area (Å²) in [4.78, 5) is 33.9. The summed E-state index contributed by atoms with van der Waals surface area (Å²) in [6.45, 7) is 4.71. The minimum atomic E-state index is -0.696. The van der Waals surface area contributed by atoms with Crippen LogP contribution in [0, 0.1) is 24.0 Å². The molecule has 0 unspecified atom stereocenters. The van der Waals surface area contributed by atoms with Gasteiger partial charge in [-0.25, -0.2) is 5.43 Å². The van der Waals surface area contributed by atoms with E-state index in [9.17, 15) is 19.7 Å². The van der Waals surface area contributed by atoms with Gasteiger partial charge in [0, 0.05) is 6.92 Å². The molecule has 0 aliphatic carbocycles. The Balaban J connectivity index is 2.10. The van der Waals surface area contributed by atoms with Gasteiger partial charge in [-0.3, -0.25) is 19.7 Å². The van der Waals surface area contributed by atoms with E-state index in [2.05, 4.69) is 10.5 Å².